The zero-order chi connectivity index (χ0) is 16.4. The summed E-state index contributed by atoms with van der Waals surface area (Å²) in [7, 11) is 0. The molecule has 1 aromatic carbocycles. The highest BCUT2D eigenvalue weighted by Crippen LogP contribution is 2.25. The summed E-state index contributed by atoms with van der Waals surface area (Å²) in [6.45, 7) is 9.11. The molecule has 0 unspecified atom stereocenters. The fraction of sp³-hybridized carbons (Fsp3) is 0.474. The lowest BCUT2D eigenvalue weighted by Gasteiger charge is -2.31. The lowest BCUT2D eigenvalue weighted by atomic mass is 9.97. The highest BCUT2D eigenvalue weighted by atomic mass is 15.3. The molecule has 1 saturated heterocycles. The second-order valence-electron chi connectivity index (χ2n) is 6.66. The number of rotatable bonds is 3. The molecule has 2 aromatic rings. The average molecular weight is 310 g/mol. The first kappa shape index (κ1) is 15.9. The van der Waals surface area contributed by atoms with Gasteiger partial charge in [0.25, 0.3) is 0 Å². The third-order valence-corrected chi connectivity index (χ3v) is 4.88. The van der Waals surface area contributed by atoms with E-state index in [1.807, 2.05) is 6.92 Å². The van der Waals surface area contributed by atoms with Crippen LogP contribution in [0, 0.1) is 26.7 Å². The molecule has 1 aliphatic heterocycles. The first-order chi connectivity index (χ1) is 11.1. The molecule has 122 valence electrons. The van der Waals surface area contributed by atoms with Crippen LogP contribution in [-0.2, 0) is 0 Å². The first-order valence-electron chi connectivity index (χ1n) is 8.45. The number of benzene rings is 1. The molecule has 2 heterocycles. The van der Waals surface area contributed by atoms with E-state index >= 15 is 0 Å². The first-order valence-corrected chi connectivity index (χ1v) is 8.45. The predicted octanol–water partition coefficient (Wildman–Crippen LogP) is 3.24. The third-order valence-electron chi connectivity index (χ3n) is 4.88. The molecule has 0 spiro atoms. The number of nitrogens with zero attached hydrogens (tertiary/aromatic N) is 3. The minimum Gasteiger partial charge on any atom is -0.341 e. The molecule has 0 saturated carbocycles. The highest BCUT2D eigenvalue weighted by molar-refractivity contribution is 5.62. The van der Waals surface area contributed by atoms with Crippen molar-refractivity contribution in [2.45, 2.75) is 33.6 Å². The quantitative estimate of drug-likeness (QED) is 0.945. The Morgan fingerprint density at radius 1 is 1.04 bits per heavy atom. The van der Waals surface area contributed by atoms with Gasteiger partial charge in [-0.05, 0) is 69.3 Å². The van der Waals surface area contributed by atoms with E-state index in [0.29, 0.717) is 5.92 Å². The molecular formula is C19H26N4. The molecule has 4 heteroatoms. The van der Waals surface area contributed by atoms with Crippen LogP contribution in [0.2, 0.25) is 0 Å². The summed E-state index contributed by atoms with van der Waals surface area (Å²) < 4.78 is 0. The summed E-state index contributed by atoms with van der Waals surface area (Å²) in [5, 5.41) is 0. The van der Waals surface area contributed by atoms with Crippen LogP contribution in [0.1, 0.15) is 29.7 Å². The third kappa shape index (κ3) is 3.53. The van der Waals surface area contributed by atoms with Crippen molar-refractivity contribution in [2.24, 2.45) is 11.7 Å². The summed E-state index contributed by atoms with van der Waals surface area (Å²) in [6.07, 6.45) is 2.26. The van der Waals surface area contributed by atoms with Crippen LogP contribution in [0.25, 0.3) is 11.3 Å². The molecule has 23 heavy (non-hydrogen) atoms. The molecule has 3 rings (SSSR count). The van der Waals surface area contributed by atoms with Crippen molar-refractivity contribution in [3.63, 3.8) is 0 Å². The zero-order valence-corrected chi connectivity index (χ0v) is 14.3. The van der Waals surface area contributed by atoms with E-state index < -0.39 is 0 Å². The Bertz CT molecular complexity index is 688. The molecule has 2 N–H and O–H groups in total. The summed E-state index contributed by atoms with van der Waals surface area (Å²) >= 11 is 0. The van der Waals surface area contributed by atoms with Crippen LogP contribution in [0.15, 0.2) is 24.3 Å². The molecule has 0 atom stereocenters. The van der Waals surface area contributed by atoms with Gasteiger partial charge in [-0.2, -0.15) is 0 Å². The van der Waals surface area contributed by atoms with Gasteiger partial charge in [-0.1, -0.05) is 12.1 Å². The number of nitrogens with two attached hydrogens (primary N) is 1. The van der Waals surface area contributed by atoms with Crippen LogP contribution in [0.3, 0.4) is 0 Å². The Balaban J connectivity index is 1.89. The van der Waals surface area contributed by atoms with Crippen molar-refractivity contribution in [1.29, 1.82) is 0 Å². The smallest absolute Gasteiger partial charge is 0.226 e. The number of hydrogen-bond donors (Lipinski definition) is 1. The van der Waals surface area contributed by atoms with Gasteiger partial charge in [0.1, 0.15) is 0 Å². The Morgan fingerprint density at radius 2 is 1.78 bits per heavy atom. The average Bonchev–Trinajstić information content (AvgIpc) is 2.57. The van der Waals surface area contributed by atoms with Crippen LogP contribution in [0.4, 0.5) is 5.95 Å². The minimum absolute atomic E-state index is 0.648. The second kappa shape index (κ2) is 6.67. The standard InChI is InChI=1S/C19H26N4/c1-13-4-5-17(10-14(13)2)18-11-15(3)21-19(22-18)23-8-6-16(12-20)7-9-23/h4-5,10-11,16H,6-9,12,20H2,1-3H3. The maximum absolute atomic E-state index is 5.79. The molecule has 0 aliphatic carbocycles. The van der Waals surface area contributed by atoms with Crippen LogP contribution >= 0.6 is 0 Å². The molecule has 4 nitrogen and oxygen atoms in total. The predicted molar refractivity (Wildman–Crippen MR) is 95.7 cm³/mol. The molecular weight excluding hydrogens is 284 g/mol. The van der Waals surface area contributed by atoms with Crippen molar-refractivity contribution in [1.82, 2.24) is 9.97 Å². The minimum atomic E-state index is 0.648. The van der Waals surface area contributed by atoms with E-state index in [1.165, 1.54) is 11.1 Å². The molecule has 0 amide bonds. The van der Waals surface area contributed by atoms with Crippen LogP contribution < -0.4 is 10.6 Å². The topological polar surface area (TPSA) is 55.0 Å². The van der Waals surface area contributed by atoms with Gasteiger partial charge in [-0.3, -0.25) is 0 Å². The molecule has 1 aromatic heterocycles. The SMILES string of the molecule is Cc1cc(-c2ccc(C)c(C)c2)nc(N2CCC(CN)CC2)n1. The van der Waals surface area contributed by atoms with Gasteiger partial charge in [0.15, 0.2) is 0 Å². The van der Waals surface area contributed by atoms with Crippen molar-refractivity contribution >= 4 is 5.95 Å². The van der Waals surface area contributed by atoms with E-state index in [4.69, 9.17) is 10.7 Å². The van der Waals surface area contributed by atoms with E-state index in [0.717, 1.165) is 55.4 Å². The van der Waals surface area contributed by atoms with Gasteiger partial charge >= 0.3 is 0 Å². The Kier molecular flexibility index (Phi) is 4.62. The largest absolute Gasteiger partial charge is 0.341 e. The van der Waals surface area contributed by atoms with Gasteiger partial charge in [-0.25, -0.2) is 9.97 Å². The lowest BCUT2D eigenvalue weighted by Crippen LogP contribution is -2.37. The van der Waals surface area contributed by atoms with E-state index in [1.54, 1.807) is 0 Å². The van der Waals surface area contributed by atoms with Gasteiger partial charge in [0, 0.05) is 24.3 Å². The van der Waals surface area contributed by atoms with Crippen molar-refractivity contribution < 1.29 is 0 Å². The van der Waals surface area contributed by atoms with E-state index in [2.05, 4.69) is 48.0 Å². The second-order valence-corrected chi connectivity index (χ2v) is 6.66. The summed E-state index contributed by atoms with van der Waals surface area (Å²) in [4.78, 5) is 11.8. The van der Waals surface area contributed by atoms with Gasteiger partial charge in [0.05, 0.1) is 5.69 Å². The fourth-order valence-electron chi connectivity index (χ4n) is 3.11. The van der Waals surface area contributed by atoms with Crippen LogP contribution in [0.5, 0.6) is 0 Å². The normalized spacial score (nSPS) is 15.9. The number of hydrogen-bond acceptors (Lipinski definition) is 4. The lowest BCUT2D eigenvalue weighted by molar-refractivity contribution is 0.411. The maximum atomic E-state index is 5.79. The summed E-state index contributed by atoms with van der Waals surface area (Å²) in [6, 6.07) is 8.59. The van der Waals surface area contributed by atoms with Gasteiger partial charge in [0.2, 0.25) is 5.95 Å². The van der Waals surface area contributed by atoms with Crippen molar-refractivity contribution in [3.05, 3.63) is 41.1 Å². The highest BCUT2D eigenvalue weighted by Gasteiger charge is 2.20. The van der Waals surface area contributed by atoms with E-state index in [-0.39, 0.29) is 0 Å². The Hall–Kier alpha value is -1.94. The van der Waals surface area contributed by atoms with Crippen LogP contribution in [-0.4, -0.2) is 29.6 Å². The van der Waals surface area contributed by atoms with Gasteiger partial charge in [-0.15, -0.1) is 0 Å². The van der Waals surface area contributed by atoms with E-state index in [9.17, 15) is 0 Å². The van der Waals surface area contributed by atoms with Crippen molar-refractivity contribution in [2.75, 3.05) is 24.5 Å². The molecule has 0 bridgehead atoms. The maximum Gasteiger partial charge on any atom is 0.226 e. The number of aromatic nitrogens is 2. The number of piperidine rings is 1. The molecule has 0 radical (unpaired) electrons. The monoisotopic (exact) mass is 310 g/mol. The fourth-order valence-corrected chi connectivity index (χ4v) is 3.11. The molecule has 1 aliphatic rings. The van der Waals surface area contributed by atoms with Crippen molar-refractivity contribution in [3.8, 4) is 11.3 Å². The summed E-state index contributed by atoms with van der Waals surface area (Å²) in [5.41, 5.74) is 11.6. The summed E-state index contributed by atoms with van der Waals surface area (Å²) in [5.74, 6) is 1.50. The Labute approximate surface area is 138 Å². The molecule has 1 fully saturated rings. The Morgan fingerprint density at radius 3 is 2.43 bits per heavy atom. The zero-order valence-electron chi connectivity index (χ0n) is 14.3. The van der Waals surface area contributed by atoms with Gasteiger partial charge < -0.3 is 10.6 Å². The number of anilines is 1. The number of aryl methyl sites for hydroxylation is 3.